The summed E-state index contributed by atoms with van der Waals surface area (Å²) < 4.78 is 11.0. The number of nitriles is 1. The zero-order chi connectivity index (χ0) is 12.8. The van der Waals surface area contributed by atoms with Gasteiger partial charge in [0, 0.05) is 18.3 Å². The van der Waals surface area contributed by atoms with Crippen molar-refractivity contribution in [1.82, 2.24) is 4.98 Å². The van der Waals surface area contributed by atoms with Gasteiger partial charge in [-0.3, -0.25) is 0 Å². The van der Waals surface area contributed by atoms with Crippen LogP contribution in [0.25, 0.3) is 0 Å². The fourth-order valence-electron chi connectivity index (χ4n) is 1.47. The van der Waals surface area contributed by atoms with E-state index < -0.39 is 0 Å². The highest BCUT2D eigenvalue weighted by molar-refractivity contribution is 5.38. The maximum absolute atomic E-state index is 8.75. The molecule has 1 heterocycles. The molecule has 0 fully saturated rings. The Morgan fingerprint density at radius 2 is 1.94 bits per heavy atom. The van der Waals surface area contributed by atoms with Crippen molar-refractivity contribution in [2.24, 2.45) is 0 Å². The molecular weight excluding hydrogens is 228 g/mol. The van der Waals surface area contributed by atoms with Crippen LogP contribution < -0.4 is 9.47 Å². The standard InChI is InChI=1S/C14H12N2O2/c1-2-17-12-4-3-5-13(9-12)18-14-6-7-16-11(8-14)10-15/h3-9H,2H2,1H3. The number of benzene rings is 1. The first-order valence-corrected chi connectivity index (χ1v) is 5.58. The highest BCUT2D eigenvalue weighted by Gasteiger charge is 2.01. The van der Waals surface area contributed by atoms with E-state index in [0.717, 1.165) is 5.75 Å². The van der Waals surface area contributed by atoms with E-state index in [9.17, 15) is 0 Å². The van der Waals surface area contributed by atoms with Gasteiger partial charge in [-0.1, -0.05) is 6.07 Å². The molecule has 90 valence electrons. The molecule has 2 rings (SSSR count). The summed E-state index contributed by atoms with van der Waals surface area (Å²) in [5.74, 6) is 2.00. The molecule has 0 aliphatic heterocycles. The molecule has 0 saturated carbocycles. The fourth-order valence-corrected chi connectivity index (χ4v) is 1.47. The fraction of sp³-hybridized carbons (Fsp3) is 0.143. The second-order valence-electron chi connectivity index (χ2n) is 3.50. The summed E-state index contributed by atoms with van der Waals surface area (Å²) in [6, 6.07) is 12.6. The lowest BCUT2D eigenvalue weighted by Gasteiger charge is -2.08. The van der Waals surface area contributed by atoms with Crippen molar-refractivity contribution in [3.8, 4) is 23.3 Å². The largest absolute Gasteiger partial charge is 0.494 e. The molecule has 0 amide bonds. The molecule has 1 aromatic heterocycles. The van der Waals surface area contributed by atoms with Crippen LogP contribution >= 0.6 is 0 Å². The van der Waals surface area contributed by atoms with E-state index in [1.165, 1.54) is 0 Å². The Kier molecular flexibility index (Phi) is 3.77. The lowest BCUT2D eigenvalue weighted by atomic mass is 10.3. The minimum absolute atomic E-state index is 0.327. The van der Waals surface area contributed by atoms with Gasteiger partial charge in [0.1, 0.15) is 29.0 Å². The molecule has 0 spiro atoms. The minimum Gasteiger partial charge on any atom is -0.494 e. The molecule has 1 aromatic carbocycles. The van der Waals surface area contributed by atoms with Gasteiger partial charge in [0.25, 0.3) is 0 Å². The van der Waals surface area contributed by atoms with Crippen LogP contribution in [-0.4, -0.2) is 11.6 Å². The number of hydrogen-bond donors (Lipinski definition) is 0. The third-order valence-electron chi connectivity index (χ3n) is 2.20. The second-order valence-corrected chi connectivity index (χ2v) is 3.50. The molecule has 0 aliphatic rings. The minimum atomic E-state index is 0.327. The van der Waals surface area contributed by atoms with Crippen LogP contribution in [0.4, 0.5) is 0 Å². The summed E-state index contributed by atoms with van der Waals surface area (Å²) in [5.41, 5.74) is 0.327. The van der Waals surface area contributed by atoms with E-state index in [1.807, 2.05) is 31.2 Å². The van der Waals surface area contributed by atoms with Crippen molar-refractivity contribution in [3.05, 3.63) is 48.3 Å². The van der Waals surface area contributed by atoms with Gasteiger partial charge in [0.05, 0.1) is 6.61 Å². The summed E-state index contributed by atoms with van der Waals surface area (Å²) in [5, 5.41) is 8.75. The highest BCUT2D eigenvalue weighted by atomic mass is 16.5. The molecule has 0 saturated heterocycles. The van der Waals surface area contributed by atoms with Crippen LogP contribution in [-0.2, 0) is 0 Å². The molecule has 0 atom stereocenters. The van der Waals surface area contributed by atoms with E-state index in [-0.39, 0.29) is 0 Å². The van der Waals surface area contributed by atoms with Crippen molar-refractivity contribution in [3.63, 3.8) is 0 Å². The second kappa shape index (κ2) is 5.69. The van der Waals surface area contributed by atoms with Crippen LogP contribution in [0.15, 0.2) is 42.6 Å². The first kappa shape index (κ1) is 11.9. The molecule has 0 unspecified atom stereocenters. The number of hydrogen-bond acceptors (Lipinski definition) is 4. The Balaban J connectivity index is 2.18. The molecule has 0 radical (unpaired) electrons. The van der Waals surface area contributed by atoms with Gasteiger partial charge in [0.15, 0.2) is 0 Å². The number of pyridine rings is 1. The quantitative estimate of drug-likeness (QED) is 0.823. The number of aromatic nitrogens is 1. The molecule has 4 nitrogen and oxygen atoms in total. The normalized spacial score (nSPS) is 9.56. The lowest BCUT2D eigenvalue weighted by Crippen LogP contribution is -1.92. The molecule has 0 aliphatic carbocycles. The van der Waals surface area contributed by atoms with Gasteiger partial charge < -0.3 is 9.47 Å². The highest BCUT2D eigenvalue weighted by Crippen LogP contribution is 2.25. The number of nitrogens with zero attached hydrogens (tertiary/aromatic N) is 2. The molecule has 4 heteroatoms. The van der Waals surface area contributed by atoms with E-state index in [2.05, 4.69) is 4.98 Å². The predicted octanol–water partition coefficient (Wildman–Crippen LogP) is 3.14. The van der Waals surface area contributed by atoms with Crippen molar-refractivity contribution in [1.29, 1.82) is 5.26 Å². The van der Waals surface area contributed by atoms with Crippen LogP contribution in [0.3, 0.4) is 0 Å². The molecule has 0 bridgehead atoms. The van der Waals surface area contributed by atoms with Crippen LogP contribution in [0, 0.1) is 11.3 Å². The first-order chi connectivity index (χ1) is 8.81. The monoisotopic (exact) mass is 240 g/mol. The summed E-state index contributed by atoms with van der Waals surface area (Å²) in [7, 11) is 0. The topological polar surface area (TPSA) is 55.1 Å². The van der Waals surface area contributed by atoms with Crippen molar-refractivity contribution in [2.45, 2.75) is 6.92 Å². The van der Waals surface area contributed by atoms with E-state index >= 15 is 0 Å². The van der Waals surface area contributed by atoms with E-state index in [0.29, 0.717) is 23.8 Å². The van der Waals surface area contributed by atoms with Crippen LogP contribution in [0.5, 0.6) is 17.2 Å². The summed E-state index contributed by atoms with van der Waals surface area (Å²) in [6.45, 7) is 2.53. The van der Waals surface area contributed by atoms with Gasteiger partial charge in [-0.15, -0.1) is 0 Å². The number of ether oxygens (including phenoxy) is 2. The predicted molar refractivity (Wildman–Crippen MR) is 66.6 cm³/mol. The third kappa shape index (κ3) is 2.98. The zero-order valence-electron chi connectivity index (χ0n) is 9.96. The Labute approximate surface area is 105 Å². The number of rotatable bonds is 4. The maximum atomic E-state index is 8.75. The Bertz CT molecular complexity index is 576. The van der Waals surface area contributed by atoms with Crippen molar-refractivity contribution in [2.75, 3.05) is 6.61 Å². The summed E-state index contributed by atoms with van der Waals surface area (Å²) >= 11 is 0. The van der Waals surface area contributed by atoms with E-state index in [4.69, 9.17) is 14.7 Å². The Morgan fingerprint density at radius 1 is 1.17 bits per heavy atom. The van der Waals surface area contributed by atoms with Gasteiger partial charge in [0.2, 0.25) is 0 Å². The third-order valence-corrected chi connectivity index (χ3v) is 2.20. The zero-order valence-corrected chi connectivity index (χ0v) is 9.96. The van der Waals surface area contributed by atoms with Gasteiger partial charge in [-0.2, -0.15) is 5.26 Å². The van der Waals surface area contributed by atoms with Crippen LogP contribution in [0.1, 0.15) is 12.6 Å². The smallest absolute Gasteiger partial charge is 0.144 e. The molecule has 0 N–H and O–H groups in total. The maximum Gasteiger partial charge on any atom is 0.144 e. The summed E-state index contributed by atoms with van der Waals surface area (Å²) in [6.07, 6.45) is 1.54. The van der Waals surface area contributed by atoms with Crippen molar-refractivity contribution < 1.29 is 9.47 Å². The van der Waals surface area contributed by atoms with Crippen molar-refractivity contribution >= 4 is 0 Å². The first-order valence-electron chi connectivity index (χ1n) is 5.58. The average Bonchev–Trinajstić information content (AvgIpc) is 2.40. The van der Waals surface area contributed by atoms with Gasteiger partial charge in [-0.05, 0) is 25.1 Å². The Hall–Kier alpha value is -2.54. The molecule has 18 heavy (non-hydrogen) atoms. The molecular formula is C14H12N2O2. The van der Waals surface area contributed by atoms with Gasteiger partial charge in [-0.25, -0.2) is 4.98 Å². The summed E-state index contributed by atoms with van der Waals surface area (Å²) in [4.78, 5) is 3.88. The van der Waals surface area contributed by atoms with Crippen LogP contribution in [0.2, 0.25) is 0 Å². The SMILES string of the molecule is CCOc1cccc(Oc2ccnc(C#N)c2)c1. The Morgan fingerprint density at radius 3 is 2.72 bits per heavy atom. The van der Waals surface area contributed by atoms with Gasteiger partial charge >= 0.3 is 0 Å². The molecule has 2 aromatic rings. The average molecular weight is 240 g/mol. The van der Waals surface area contributed by atoms with E-state index in [1.54, 1.807) is 24.4 Å². The lowest BCUT2D eigenvalue weighted by molar-refractivity contribution is 0.338.